The predicted octanol–water partition coefficient (Wildman–Crippen LogP) is -1.08. The topological polar surface area (TPSA) is 159 Å². The number of thiol groups is 1. The molecule has 2 heterocycles. The van der Waals surface area contributed by atoms with Gasteiger partial charge in [0.2, 0.25) is 17.7 Å². The highest BCUT2D eigenvalue weighted by molar-refractivity contribution is 7.80. The zero-order chi connectivity index (χ0) is 22.3. The Morgan fingerprint density at radius 2 is 1.70 bits per heavy atom. The minimum atomic E-state index is -1.18. The second-order valence-corrected chi connectivity index (χ2v) is 8.22. The SMILES string of the molecule is NCCCCC(N)C(=O)N1CCCC1C(=O)N1CCCC1C(=O)NC(CS)C(=O)O. The van der Waals surface area contributed by atoms with Crippen LogP contribution in [0, 0.1) is 0 Å². The van der Waals surface area contributed by atoms with E-state index in [-0.39, 0.29) is 17.6 Å². The molecule has 10 nitrogen and oxygen atoms in total. The van der Waals surface area contributed by atoms with Crippen LogP contribution in [0.2, 0.25) is 0 Å². The van der Waals surface area contributed by atoms with Crippen molar-refractivity contribution in [1.82, 2.24) is 15.1 Å². The van der Waals surface area contributed by atoms with E-state index in [2.05, 4.69) is 17.9 Å². The fourth-order valence-electron chi connectivity index (χ4n) is 4.08. The largest absolute Gasteiger partial charge is 0.480 e. The summed E-state index contributed by atoms with van der Waals surface area (Å²) in [6.45, 7) is 1.40. The fraction of sp³-hybridized carbons (Fsp3) is 0.789. The minimum absolute atomic E-state index is 0.0469. The molecule has 2 fully saturated rings. The van der Waals surface area contributed by atoms with Gasteiger partial charge in [-0.25, -0.2) is 4.79 Å². The number of nitrogens with one attached hydrogen (secondary N) is 1. The number of amides is 3. The molecule has 4 unspecified atom stereocenters. The number of carbonyl (C=O) groups is 4. The lowest BCUT2D eigenvalue weighted by Gasteiger charge is -2.32. The van der Waals surface area contributed by atoms with Crippen molar-refractivity contribution in [2.45, 2.75) is 69.1 Å². The van der Waals surface area contributed by atoms with Gasteiger partial charge in [0, 0.05) is 18.8 Å². The molecule has 30 heavy (non-hydrogen) atoms. The Kier molecular flexibility index (Phi) is 9.37. The number of unbranched alkanes of at least 4 members (excludes halogenated alkanes) is 1. The summed E-state index contributed by atoms with van der Waals surface area (Å²) in [6.07, 6.45) is 4.38. The molecular weight excluding hydrogens is 410 g/mol. The first-order valence-corrected chi connectivity index (χ1v) is 11.2. The van der Waals surface area contributed by atoms with Crippen LogP contribution >= 0.6 is 12.6 Å². The summed E-state index contributed by atoms with van der Waals surface area (Å²) >= 11 is 3.95. The first-order valence-electron chi connectivity index (χ1n) is 10.5. The molecule has 4 atom stereocenters. The van der Waals surface area contributed by atoms with Gasteiger partial charge in [0.15, 0.2) is 0 Å². The van der Waals surface area contributed by atoms with Crippen LogP contribution in [0.25, 0.3) is 0 Å². The second-order valence-electron chi connectivity index (χ2n) is 7.85. The zero-order valence-electron chi connectivity index (χ0n) is 17.2. The Hall–Kier alpha value is -1.85. The van der Waals surface area contributed by atoms with Crippen LogP contribution in [-0.2, 0) is 19.2 Å². The van der Waals surface area contributed by atoms with Crippen molar-refractivity contribution in [3.8, 4) is 0 Å². The van der Waals surface area contributed by atoms with Gasteiger partial charge in [0.25, 0.3) is 0 Å². The van der Waals surface area contributed by atoms with Crippen molar-refractivity contribution >= 4 is 36.3 Å². The average Bonchev–Trinajstić information content (AvgIpc) is 3.40. The van der Waals surface area contributed by atoms with Gasteiger partial charge in [-0.15, -0.1) is 0 Å². The summed E-state index contributed by atoms with van der Waals surface area (Å²) in [5.41, 5.74) is 11.5. The number of rotatable bonds is 10. The molecule has 2 aliphatic rings. The van der Waals surface area contributed by atoms with Crippen molar-refractivity contribution in [2.24, 2.45) is 11.5 Å². The third-order valence-electron chi connectivity index (χ3n) is 5.74. The van der Waals surface area contributed by atoms with Crippen molar-refractivity contribution in [3.05, 3.63) is 0 Å². The van der Waals surface area contributed by atoms with Crippen LogP contribution in [0.1, 0.15) is 44.9 Å². The monoisotopic (exact) mass is 443 g/mol. The number of carbonyl (C=O) groups excluding carboxylic acids is 3. The molecule has 170 valence electrons. The van der Waals surface area contributed by atoms with Gasteiger partial charge in [0.05, 0.1) is 6.04 Å². The predicted molar refractivity (Wildman–Crippen MR) is 114 cm³/mol. The number of likely N-dealkylation sites (tertiary alicyclic amines) is 2. The Balaban J connectivity index is 2.03. The van der Waals surface area contributed by atoms with Crippen LogP contribution in [0.4, 0.5) is 0 Å². The lowest BCUT2D eigenvalue weighted by atomic mass is 10.1. The van der Waals surface area contributed by atoms with Crippen LogP contribution in [-0.4, -0.2) is 88.2 Å². The highest BCUT2D eigenvalue weighted by Crippen LogP contribution is 2.26. The van der Waals surface area contributed by atoms with E-state index in [9.17, 15) is 19.2 Å². The van der Waals surface area contributed by atoms with Gasteiger partial charge in [-0.2, -0.15) is 12.6 Å². The molecule has 2 aliphatic heterocycles. The number of aliphatic carboxylic acids is 1. The van der Waals surface area contributed by atoms with Gasteiger partial charge in [-0.05, 0) is 45.1 Å². The zero-order valence-corrected chi connectivity index (χ0v) is 18.1. The maximum absolute atomic E-state index is 13.2. The molecule has 2 rings (SSSR count). The molecule has 3 amide bonds. The maximum atomic E-state index is 13.2. The quantitative estimate of drug-likeness (QED) is 0.212. The maximum Gasteiger partial charge on any atom is 0.327 e. The van der Waals surface area contributed by atoms with Gasteiger partial charge in [0.1, 0.15) is 18.1 Å². The lowest BCUT2D eigenvalue weighted by molar-refractivity contribution is -0.148. The average molecular weight is 444 g/mol. The van der Waals surface area contributed by atoms with E-state index in [1.54, 1.807) is 0 Å². The Bertz CT molecular complexity index is 649. The van der Waals surface area contributed by atoms with Crippen molar-refractivity contribution in [3.63, 3.8) is 0 Å². The number of nitrogens with two attached hydrogens (primary N) is 2. The Morgan fingerprint density at radius 3 is 2.30 bits per heavy atom. The smallest absolute Gasteiger partial charge is 0.327 e. The highest BCUT2D eigenvalue weighted by Gasteiger charge is 2.43. The number of nitrogens with zero attached hydrogens (tertiary/aromatic N) is 2. The first-order chi connectivity index (χ1) is 14.3. The first kappa shape index (κ1) is 24.4. The third kappa shape index (κ3) is 5.86. The van der Waals surface area contributed by atoms with Gasteiger partial charge in [-0.1, -0.05) is 6.42 Å². The van der Waals surface area contributed by atoms with Gasteiger partial charge in [-0.3, -0.25) is 14.4 Å². The molecule has 0 aliphatic carbocycles. The summed E-state index contributed by atoms with van der Waals surface area (Å²) < 4.78 is 0. The van der Waals surface area contributed by atoms with E-state index < -0.39 is 36.0 Å². The number of hydrogen-bond acceptors (Lipinski definition) is 7. The molecule has 0 aromatic carbocycles. The van der Waals surface area contributed by atoms with E-state index in [0.29, 0.717) is 51.7 Å². The van der Waals surface area contributed by atoms with Crippen LogP contribution in [0.5, 0.6) is 0 Å². The third-order valence-corrected chi connectivity index (χ3v) is 6.11. The lowest BCUT2D eigenvalue weighted by Crippen LogP contribution is -2.56. The van der Waals surface area contributed by atoms with E-state index in [4.69, 9.17) is 16.6 Å². The molecule has 0 saturated carbocycles. The molecule has 0 radical (unpaired) electrons. The summed E-state index contributed by atoms with van der Waals surface area (Å²) in [5, 5.41) is 11.6. The highest BCUT2D eigenvalue weighted by atomic mass is 32.1. The van der Waals surface area contributed by atoms with E-state index >= 15 is 0 Å². The van der Waals surface area contributed by atoms with Crippen LogP contribution in [0.3, 0.4) is 0 Å². The fourth-order valence-corrected chi connectivity index (χ4v) is 4.33. The number of carboxylic acids is 1. The van der Waals surface area contributed by atoms with Crippen molar-refractivity contribution in [1.29, 1.82) is 0 Å². The molecule has 6 N–H and O–H groups in total. The molecule has 11 heteroatoms. The van der Waals surface area contributed by atoms with E-state index in [1.165, 1.54) is 9.80 Å². The van der Waals surface area contributed by atoms with E-state index in [1.807, 2.05) is 0 Å². The molecule has 2 saturated heterocycles. The van der Waals surface area contributed by atoms with Gasteiger partial charge < -0.3 is 31.7 Å². The molecule has 0 bridgehead atoms. The molecule has 0 aromatic heterocycles. The standard InChI is InChI=1S/C19H33N5O5S/c20-8-2-1-5-12(21)17(26)24-10-4-7-15(24)18(27)23-9-3-6-14(23)16(25)22-13(11-30)19(28)29/h12-15,30H,1-11,20-21H2,(H,22,25)(H,28,29). The van der Waals surface area contributed by atoms with Crippen LogP contribution < -0.4 is 16.8 Å². The number of carboxylic acid groups (broad SMARTS) is 1. The van der Waals surface area contributed by atoms with Crippen molar-refractivity contribution in [2.75, 3.05) is 25.4 Å². The molecular formula is C19H33N5O5S. The molecule has 0 spiro atoms. The number of hydrogen-bond donors (Lipinski definition) is 5. The van der Waals surface area contributed by atoms with Crippen LogP contribution in [0.15, 0.2) is 0 Å². The summed E-state index contributed by atoms with van der Waals surface area (Å²) in [7, 11) is 0. The van der Waals surface area contributed by atoms with E-state index in [0.717, 1.165) is 12.8 Å². The Morgan fingerprint density at radius 1 is 1.07 bits per heavy atom. The summed E-state index contributed by atoms with van der Waals surface area (Å²) in [5.74, 6) is -2.24. The normalized spacial score (nSPS) is 23.3. The summed E-state index contributed by atoms with van der Waals surface area (Å²) in [4.78, 5) is 52.8. The van der Waals surface area contributed by atoms with Gasteiger partial charge >= 0.3 is 5.97 Å². The second kappa shape index (κ2) is 11.5. The van der Waals surface area contributed by atoms with Crippen molar-refractivity contribution < 1.29 is 24.3 Å². The Labute approximate surface area is 182 Å². The summed E-state index contributed by atoms with van der Waals surface area (Å²) in [6, 6.07) is -3.16. The molecule has 0 aromatic rings. The minimum Gasteiger partial charge on any atom is -0.480 e.